The Bertz CT molecular complexity index is 478. The first-order valence-electron chi connectivity index (χ1n) is 7.65. The summed E-state index contributed by atoms with van der Waals surface area (Å²) < 4.78 is 18.3. The Balaban J connectivity index is 1.48. The van der Waals surface area contributed by atoms with Crippen molar-refractivity contribution in [3.63, 3.8) is 0 Å². The molecule has 0 saturated carbocycles. The fourth-order valence-electron chi connectivity index (χ4n) is 3.01. The third-order valence-corrected chi connectivity index (χ3v) is 4.26. The molecule has 1 aromatic rings. The highest BCUT2D eigenvalue weighted by atomic mass is 19.1. The standard InChI is InChI=1S/C16H21FN2O2/c17-12-3-5-14(6-4-12)19-9-7-13(8-10-19)18-16(20)15-2-1-11-21-15/h3-6,13,15H,1-2,7-11H2,(H,18,20). The topological polar surface area (TPSA) is 41.6 Å². The van der Waals surface area contributed by atoms with E-state index in [0.29, 0.717) is 6.61 Å². The smallest absolute Gasteiger partial charge is 0.249 e. The van der Waals surface area contributed by atoms with E-state index in [-0.39, 0.29) is 23.9 Å². The predicted molar refractivity (Wildman–Crippen MR) is 78.8 cm³/mol. The van der Waals surface area contributed by atoms with Crippen molar-refractivity contribution >= 4 is 11.6 Å². The maximum atomic E-state index is 12.9. The second kappa shape index (κ2) is 6.43. The van der Waals surface area contributed by atoms with Gasteiger partial charge in [0.15, 0.2) is 0 Å². The van der Waals surface area contributed by atoms with E-state index in [1.54, 1.807) is 12.1 Å². The molecule has 2 heterocycles. The maximum absolute atomic E-state index is 12.9. The second-order valence-electron chi connectivity index (χ2n) is 5.75. The molecule has 0 bridgehead atoms. The molecule has 1 N–H and O–H groups in total. The van der Waals surface area contributed by atoms with E-state index < -0.39 is 0 Å². The monoisotopic (exact) mass is 292 g/mol. The zero-order valence-electron chi connectivity index (χ0n) is 12.1. The van der Waals surface area contributed by atoms with E-state index in [9.17, 15) is 9.18 Å². The van der Waals surface area contributed by atoms with Crippen LogP contribution >= 0.6 is 0 Å². The molecule has 1 aromatic carbocycles. The number of benzene rings is 1. The number of carbonyl (C=O) groups excluding carboxylic acids is 1. The molecule has 0 aromatic heterocycles. The lowest BCUT2D eigenvalue weighted by Gasteiger charge is -2.34. The number of hydrogen-bond donors (Lipinski definition) is 1. The summed E-state index contributed by atoms with van der Waals surface area (Å²) >= 11 is 0. The molecular weight excluding hydrogens is 271 g/mol. The van der Waals surface area contributed by atoms with Crippen LogP contribution in [0, 0.1) is 5.82 Å². The van der Waals surface area contributed by atoms with E-state index in [1.165, 1.54) is 12.1 Å². The Labute approximate surface area is 124 Å². The normalized spacial score (nSPS) is 23.3. The van der Waals surface area contributed by atoms with Gasteiger partial charge in [-0.3, -0.25) is 4.79 Å². The van der Waals surface area contributed by atoms with Gasteiger partial charge in [-0.2, -0.15) is 0 Å². The van der Waals surface area contributed by atoms with E-state index in [4.69, 9.17) is 4.74 Å². The Morgan fingerprint density at radius 3 is 2.52 bits per heavy atom. The Hall–Kier alpha value is -1.62. The van der Waals surface area contributed by atoms with Crippen LogP contribution in [-0.2, 0) is 9.53 Å². The summed E-state index contributed by atoms with van der Waals surface area (Å²) in [6, 6.07) is 6.81. The van der Waals surface area contributed by atoms with E-state index >= 15 is 0 Å². The van der Waals surface area contributed by atoms with Crippen LogP contribution < -0.4 is 10.2 Å². The highest BCUT2D eigenvalue weighted by Gasteiger charge is 2.27. The van der Waals surface area contributed by atoms with Gasteiger partial charge in [0.1, 0.15) is 11.9 Å². The van der Waals surface area contributed by atoms with Crippen LogP contribution in [0.1, 0.15) is 25.7 Å². The summed E-state index contributed by atoms with van der Waals surface area (Å²) in [5.41, 5.74) is 1.04. The quantitative estimate of drug-likeness (QED) is 0.927. The number of carbonyl (C=O) groups is 1. The minimum Gasteiger partial charge on any atom is -0.371 e. The summed E-state index contributed by atoms with van der Waals surface area (Å²) in [6.07, 6.45) is 3.38. The van der Waals surface area contributed by atoms with Crippen molar-refractivity contribution in [2.75, 3.05) is 24.6 Å². The molecule has 114 valence electrons. The van der Waals surface area contributed by atoms with Crippen molar-refractivity contribution in [2.45, 2.75) is 37.8 Å². The number of ether oxygens (including phenoxy) is 1. The van der Waals surface area contributed by atoms with Gasteiger partial charge in [-0.1, -0.05) is 0 Å². The zero-order chi connectivity index (χ0) is 14.7. The lowest BCUT2D eigenvalue weighted by Crippen LogP contribution is -2.47. The highest BCUT2D eigenvalue weighted by molar-refractivity contribution is 5.81. The van der Waals surface area contributed by atoms with Crippen LogP contribution in [0.15, 0.2) is 24.3 Å². The van der Waals surface area contributed by atoms with Gasteiger partial charge in [-0.25, -0.2) is 4.39 Å². The largest absolute Gasteiger partial charge is 0.371 e. The van der Waals surface area contributed by atoms with Gasteiger partial charge < -0.3 is 15.0 Å². The first-order chi connectivity index (χ1) is 10.2. The first-order valence-corrected chi connectivity index (χ1v) is 7.65. The Morgan fingerprint density at radius 1 is 1.19 bits per heavy atom. The zero-order valence-corrected chi connectivity index (χ0v) is 12.1. The van der Waals surface area contributed by atoms with Gasteiger partial charge >= 0.3 is 0 Å². The van der Waals surface area contributed by atoms with Crippen molar-refractivity contribution in [1.29, 1.82) is 0 Å². The molecule has 1 amide bonds. The minimum atomic E-state index is -0.250. The second-order valence-corrected chi connectivity index (χ2v) is 5.75. The maximum Gasteiger partial charge on any atom is 0.249 e. The average Bonchev–Trinajstić information content (AvgIpc) is 3.03. The van der Waals surface area contributed by atoms with Crippen LogP contribution in [0.2, 0.25) is 0 Å². The summed E-state index contributed by atoms with van der Waals surface area (Å²) in [7, 11) is 0. The van der Waals surface area contributed by atoms with Gasteiger partial charge in [0.2, 0.25) is 5.91 Å². The Morgan fingerprint density at radius 2 is 1.90 bits per heavy atom. The molecule has 1 atom stereocenters. The van der Waals surface area contributed by atoms with Crippen molar-refractivity contribution in [3.05, 3.63) is 30.1 Å². The molecule has 2 aliphatic heterocycles. The van der Waals surface area contributed by atoms with Gasteiger partial charge in [-0.05, 0) is 49.9 Å². The number of rotatable bonds is 3. The van der Waals surface area contributed by atoms with E-state index in [2.05, 4.69) is 10.2 Å². The number of nitrogens with one attached hydrogen (secondary N) is 1. The molecular formula is C16H21FN2O2. The van der Waals surface area contributed by atoms with Gasteiger partial charge in [0.05, 0.1) is 0 Å². The molecule has 3 rings (SSSR count). The minimum absolute atomic E-state index is 0.0349. The third kappa shape index (κ3) is 3.53. The summed E-state index contributed by atoms with van der Waals surface area (Å²) in [5, 5.41) is 3.09. The van der Waals surface area contributed by atoms with Gasteiger partial charge in [-0.15, -0.1) is 0 Å². The van der Waals surface area contributed by atoms with E-state index in [1.807, 2.05) is 0 Å². The van der Waals surface area contributed by atoms with Gasteiger partial charge in [0.25, 0.3) is 0 Å². The van der Waals surface area contributed by atoms with Crippen molar-refractivity contribution in [1.82, 2.24) is 5.32 Å². The SMILES string of the molecule is O=C(NC1CCN(c2ccc(F)cc2)CC1)C1CCCO1. The third-order valence-electron chi connectivity index (χ3n) is 4.26. The summed E-state index contributed by atoms with van der Waals surface area (Å²) in [6.45, 7) is 2.45. The fourth-order valence-corrected chi connectivity index (χ4v) is 3.01. The molecule has 21 heavy (non-hydrogen) atoms. The Kier molecular flexibility index (Phi) is 4.39. The molecule has 1 unspecified atom stereocenters. The summed E-state index contributed by atoms with van der Waals surface area (Å²) in [4.78, 5) is 14.2. The molecule has 0 radical (unpaired) electrons. The molecule has 0 aliphatic carbocycles. The van der Waals surface area contributed by atoms with Gasteiger partial charge in [0, 0.05) is 31.4 Å². The molecule has 2 fully saturated rings. The molecule has 0 spiro atoms. The average molecular weight is 292 g/mol. The lowest BCUT2D eigenvalue weighted by molar-refractivity contribution is -0.130. The first kappa shape index (κ1) is 14.3. The number of anilines is 1. The van der Waals surface area contributed by atoms with Crippen molar-refractivity contribution in [2.24, 2.45) is 0 Å². The number of nitrogens with zero attached hydrogens (tertiary/aromatic N) is 1. The molecule has 2 aliphatic rings. The molecule has 5 heteroatoms. The fraction of sp³-hybridized carbons (Fsp3) is 0.562. The summed E-state index contributed by atoms with van der Waals surface area (Å²) in [5.74, 6) is -0.176. The highest BCUT2D eigenvalue weighted by Crippen LogP contribution is 2.21. The van der Waals surface area contributed by atoms with Crippen LogP contribution in [0.3, 0.4) is 0 Å². The van der Waals surface area contributed by atoms with Crippen LogP contribution in [-0.4, -0.2) is 37.7 Å². The number of halogens is 1. The predicted octanol–water partition coefficient (Wildman–Crippen LogP) is 2.09. The van der Waals surface area contributed by atoms with Crippen LogP contribution in [0.5, 0.6) is 0 Å². The molecule has 4 nitrogen and oxygen atoms in total. The van der Waals surface area contributed by atoms with Crippen molar-refractivity contribution < 1.29 is 13.9 Å². The number of amides is 1. The van der Waals surface area contributed by atoms with Crippen molar-refractivity contribution in [3.8, 4) is 0 Å². The molecule has 2 saturated heterocycles. The lowest BCUT2D eigenvalue weighted by atomic mass is 10.0. The van der Waals surface area contributed by atoms with Crippen LogP contribution in [0.25, 0.3) is 0 Å². The number of hydrogen-bond acceptors (Lipinski definition) is 3. The number of piperidine rings is 1. The van der Waals surface area contributed by atoms with E-state index in [0.717, 1.165) is 44.5 Å². The van der Waals surface area contributed by atoms with Crippen LogP contribution in [0.4, 0.5) is 10.1 Å².